The van der Waals surface area contributed by atoms with Crippen LogP contribution < -0.4 is 9.80 Å². The van der Waals surface area contributed by atoms with Crippen LogP contribution in [0.25, 0.3) is 16.9 Å². The molecular weight excluding hydrogens is 453 g/mol. The smallest absolute Gasteiger partial charge is 0.148 e. The summed E-state index contributed by atoms with van der Waals surface area (Å²) in [5.41, 5.74) is 3.65. The van der Waals surface area contributed by atoms with Crippen LogP contribution in [0.15, 0.2) is 54.9 Å². The molecule has 3 aromatic heterocycles. The number of rotatable bonds is 4. The number of benzene rings is 1. The third-order valence-corrected chi connectivity index (χ3v) is 6.77. The average Bonchev–Trinajstić information content (AvgIpc) is 3.15. The molecule has 8 heteroatoms. The Bertz CT molecular complexity index is 1340. The third kappa shape index (κ3) is 4.10. The summed E-state index contributed by atoms with van der Waals surface area (Å²) in [6, 6.07) is 12.9. The zero-order chi connectivity index (χ0) is 24.0. The van der Waals surface area contributed by atoms with Gasteiger partial charge < -0.3 is 19.3 Å². The number of hydrogen-bond donors (Lipinski definition) is 1. The Morgan fingerprint density at radius 3 is 2.41 bits per heavy atom. The van der Waals surface area contributed by atoms with Crippen LogP contribution in [0.5, 0.6) is 0 Å². The molecule has 1 aromatic carbocycles. The van der Waals surface area contributed by atoms with Crippen molar-refractivity contribution in [1.82, 2.24) is 14.4 Å². The Hall–Kier alpha value is -3.16. The lowest BCUT2D eigenvalue weighted by Gasteiger charge is -2.37. The number of imidazole rings is 1. The van der Waals surface area contributed by atoms with E-state index in [2.05, 4.69) is 9.88 Å². The monoisotopic (exact) mass is 479 g/mol. The first-order chi connectivity index (χ1) is 16.2. The number of nitrogens with zero attached hydrogens (tertiary/aromatic N) is 5. The van der Waals surface area contributed by atoms with Crippen LogP contribution in [-0.2, 0) is 5.60 Å². The molecule has 4 heterocycles. The molecule has 0 spiro atoms. The van der Waals surface area contributed by atoms with Gasteiger partial charge in [-0.25, -0.2) is 14.4 Å². The first-order valence-corrected chi connectivity index (χ1v) is 11.7. The summed E-state index contributed by atoms with van der Waals surface area (Å²) >= 11 is 6.48. The number of aliphatic hydroxyl groups is 1. The molecule has 1 N–H and O–H groups in total. The Labute approximate surface area is 203 Å². The van der Waals surface area contributed by atoms with Gasteiger partial charge in [-0.05, 0) is 51.1 Å². The van der Waals surface area contributed by atoms with Gasteiger partial charge in [0.25, 0.3) is 0 Å². The maximum absolute atomic E-state index is 15.0. The minimum atomic E-state index is -0.923. The highest BCUT2D eigenvalue weighted by molar-refractivity contribution is 6.33. The lowest BCUT2D eigenvalue weighted by atomic mass is 10.0. The van der Waals surface area contributed by atoms with E-state index in [0.29, 0.717) is 36.9 Å². The highest BCUT2D eigenvalue weighted by atomic mass is 35.5. The summed E-state index contributed by atoms with van der Waals surface area (Å²) in [5, 5.41) is 10.5. The molecule has 1 saturated heterocycles. The van der Waals surface area contributed by atoms with Gasteiger partial charge in [0.05, 0.1) is 22.0 Å². The van der Waals surface area contributed by atoms with Crippen LogP contribution in [0.3, 0.4) is 0 Å². The highest BCUT2D eigenvalue weighted by Crippen LogP contribution is 2.36. The molecule has 6 nitrogen and oxygen atoms in total. The van der Waals surface area contributed by atoms with E-state index >= 15 is 4.39 Å². The summed E-state index contributed by atoms with van der Waals surface area (Å²) in [5.74, 6) is 0.515. The van der Waals surface area contributed by atoms with Gasteiger partial charge in [-0.1, -0.05) is 23.7 Å². The van der Waals surface area contributed by atoms with E-state index in [1.807, 2.05) is 58.8 Å². The molecule has 4 aromatic rings. The van der Waals surface area contributed by atoms with Crippen molar-refractivity contribution >= 4 is 28.8 Å². The second-order valence-corrected chi connectivity index (χ2v) is 9.60. The average molecular weight is 480 g/mol. The van der Waals surface area contributed by atoms with E-state index in [0.717, 1.165) is 34.0 Å². The van der Waals surface area contributed by atoms with Crippen LogP contribution in [-0.4, -0.2) is 45.7 Å². The molecular formula is C26H27ClFN5O. The number of aryl methyl sites for hydroxylation is 1. The molecule has 1 aliphatic heterocycles. The molecule has 176 valence electrons. The van der Waals surface area contributed by atoms with Crippen molar-refractivity contribution in [3.8, 4) is 11.3 Å². The Morgan fingerprint density at radius 2 is 1.76 bits per heavy atom. The summed E-state index contributed by atoms with van der Waals surface area (Å²) in [7, 11) is 0. The number of halogens is 2. The second kappa shape index (κ2) is 8.56. The van der Waals surface area contributed by atoms with Crippen molar-refractivity contribution in [2.24, 2.45) is 0 Å². The van der Waals surface area contributed by atoms with Crippen molar-refractivity contribution in [3.05, 3.63) is 77.0 Å². The fourth-order valence-corrected chi connectivity index (χ4v) is 4.69. The number of pyridine rings is 2. The zero-order valence-electron chi connectivity index (χ0n) is 19.5. The van der Waals surface area contributed by atoms with E-state index in [4.69, 9.17) is 16.6 Å². The van der Waals surface area contributed by atoms with E-state index in [1.54, 1.807) is 20.0 Å². The molecule has 34 heavy (non-hydrogen) atoms. The van der Waals surface area contributed by atoms with Gasteiger partial charge in [0, 0.05) is 55.4 Å². The quantitative estimate of drug-likeness (QED) is 0.444. The second-order valence-electron chi connectivity index (χ2n) is 9.20. The number of hydrogen-bond acceptors (Lipinski definition) is 5. The molecule has 0 aliphatic carbocycles. The maximum Gasteiger partial charge on any atom is 0.148 e. The molecule has 5 rings (SSSR count). The highest BCUT2D eigenvalue weighted by Gasteiger charge is 2.24. The number of piperazine rings is 1. The van der Waals surface area contributed by atoms with E-state index < -0.39 is 5.60 Å². The summed E-state index contributed by atoms with van der Waals surface area (Å²) in [6.45, 7) is 8.19. The van der Waals surface area contributed by atoms with Crippen LogP contribution in [0.1, 0.15) is 25.1 Å². The Morgan fingerprint density at radius 1 is 1.03 bits per heavy atom. The van der Waals surface area contributed by atoms with Gasteiger partial charge in [-0.3, -0.25) is 0 Å². The topological polar surface area (TPSA) is 56.9 Å². The molecule has 0 amide bonds. The summed E-state index contributed by atoms with van der Waals surface area (Å²) < 4.78 is 17.0. The van der Waals surface area contributed by atoms with Crippen LogP contribution >= 0.6 is 11.6 Å². The van der Waals surface area contributed by atoms with Gasteiger partial charge in [0.15, 0.2) is 0 Å². The van der Waals surface area contributed by atoms with Crippen LogP contribution in [0.4, 0.5) is 15.9 Å². The Kier molecular flexibility index (Phi) is 5.70. The van der Waals surface area contributed by atoms with E-state index in [9.17, 15) is 5.11 Å². The first kappa shape index (κ1) is 22.6. The van der Waals surface area contributed by atoms with Gasteiger partial charge in [-0.2, -0.15) is 0 Å². The van der Waals surface area contributed by atoms with Crippen LogP contribution in [0.2, 0.25) is 5.02 Å². The predicted molar refractivity (Wildman–Crippen MR) is 134 cm³/mol. The molecule has 0 saturated carbocycles. The Balaban J connectivity index is 1.38. The van der Waals surface area contributed by atoms with Gasteiger partial charge >= 0.3 is 0 Å². The standard InChI is InChI=1S/C26H27ClFN5O/c1-17-25(30-24-6-4-5-9-33(17)24)19-14-22(21(28)15-20(19)27)31-10-12-32(13-11-31)23-8-7-18(16-29-23)26(2,3)34/h4-9,14-16,34H,10-13H2,1-3H3. The lowest BCUT2D eigenvalue weighted by Crippen LogP contribution is -2.47. The zero-order valence-corrected chi connectivity index (χ0v) is 20.2. The minimum absolute atomic E-state index is 0.337. The van der Waals surface area contributed by atoms with Crippen molar-refractivity contribution in [3.63, 3.8) is 0 Å². The van der Waals surface area contributed by atoms with E-state index in [1.165, 1.54) is 6.07 Å². The van der Waals surface area contributed by atoms with Crippen molar-refractivity contribution in [2.75, 3.05) is 36.0 Å². The first-order valence-electron chi connectivity index (χ1n) is 11.3. The van der Waals surface area contributed by atoms with Crippen LogP contribution in [0, 0.1) is 12.7 Å². The molecule has 1 fully saturated rings. The fourth-order valence-electron chi connectivity index (χ4n) is 4.45. The number of aromatic nitrogens is 3. The molecule has 0 bridgehead atoms. The molecule has 1 aliphatic rings. The van der Waals surface area contributed by atoms with Gasteiger partial charge in [0.1, 0.15) is 17.3 Å². The predicted octanol–water partition coefficient (Wildman–Crippen LogP) is 5.05. The molecule has 0 atom stereocenters. The van der Waals surface area contributed by atoms with Gasteiger partial charge in [0.2, 0.25) is 0 Å². The number of fused-ring (bicyclic) bond motifs is 1. The molecule has 0 unspecified atom stereocenters. The minimum Gasteiger partial charge on any atom is -0.386 e. The van der Waals surface area contributed by atoms with Crippen molar-refractivity contribution < 1.29 is 9.50 Å². The maximum atomic E-state index is 15.0. The lowest BCUT2D eigenvalue weighted by molar-refractivity contribution is 0.0782. The van der Waals surface area contributed by atoms with Crippen molar-refractivity contribution in [1.29, 1.82) is 0 Å². The third-order valence-electron chi connectivity index (χ3n) is 6.46. The van der Waals surface area contributed by atoms with E-state index in [-0.39, 0.29) is 5.82 Å². The number of anilines is 2. The SMILES string of the molecule is Cc1c(-c2cc(N3CCN(c4ccc(C(C)(C)O)cn4)CC3)c(F)cc2Cl)nc2ccccn12. The fraction of sp³-hybridized carbons (Fsp3) is 0.308. The summed E-state index contributed by atoms with van der Waals surface area (Å²) in [4.78, 5) is 13.5. The van der Waals surface area contributed by atoms with Crippen molar-refractivity contribution in [2.45, 2.75) is 26.4 Å². The summed E-state index contributed by atoms with van der Waals surface area (Å²) in [6.07, 6.45) is 3.67. The van der Waals surface area contributed by atoms with Gasteiger partial charge in [-0.15, -0.1) is 0 Å². The normalized spacial score (nSPS) is 14.8. The largest absolute Gasteiger partial charge is 0.386 e. The molecule has 0 radical (unpaired) electrons.